The standard InChI is InChI=1S/C11H13BF3O3/c1-8(12(13,14)15)7-18-11-5-9(16-2)4-10(6-11)17-3/h4-6H,1,7H2,2-3H3/q-1. The maximum absolute atomic E-state index is 12.3. The molecule has 0 spiro atoms. The van der Waals surface area contributed by atoms with Gasteiger partial charge in [-0.05, 0) is 0 Å². The van der Waals surface area contributed by atoms with Gasteiger partial charge >= 0.3 is 6.98 Å². The molecule has 3 nitrogen and oxygen atoms in total. The summed E-state index contributed by atoms with van der Waals surface area (Å²) < 4.78 is 51.8. The molecule has 100 valence electrons. The second kappa shape index (κ2) is 5.70. The highest BCUT2D eigenvalue weighted by atomic mass is 19.4. The van der Waals surface area contributed by atoms with Crippen molar-refractivity contribution in [1.29, 1.82) is 0 Å². The first-order valence-corrected chi connectivity index (χ1v) is 5.10. The molecular formula is C11H13BF3O3-. The lowest BCUT2D eigenvalue weighted by Crippen LogP contribution is -2.23. The second-order valence-corrected chi connectivity index (χ2v) is 3.57. The first-order chi connectivity index (χ1) is 8.36. The molecule has 0 aliphatic rings. The van der Waals surface area contributed by atoms with Crippen LogP contribution in [0.25, 0.3) is 0 Å². The van der Waals surface area contributed by atoms with E-state index in [0.29, 0.717) is 11.5 Å². The molecule has 7 heteroatoms. The highest BCUT2D eigenvalue weighted by Gasteiger charge is 2.26. The fourth-order valence-corrected chi connectivity index (χ4v) is 1.14. The molecule has 0 saturated heterocycles. The molecule has 1 aromatic carbocycles. The Kier molecular flexibility index (Phi) is 4.52. The lowest BCUT2D eigenvalue weighted by atomic mass is 9.81. The van der Waals surface area contributed by atoms with E-state index in [2.05, 4.69) is 6.58 Å². The van der Waals surface area contributed by atoms with Crippen LogP contribution in [0.2, 0.25) is 0 Å². The molecule has 0 aliphatic heterocycles. The third-order valence-electron chi connectivity index (χ3n) is 2.21. The van der Waals surface area contributed by atoms with E-state index in [1.54, 1.807) is 6.07 Å². The first kappa shape index (κ1) is 14.3. The van der Waals surface area contributed by atoms with E-state index < -0.39 is 19.1 Å². The average molecular weight is 261 g/mol. The Bertz CT molecular complexity index is 410. The monoisotopic (exact) mass is 261 g/mol. The van der Waals surface area contributed by atoms with Gasteiger partial charge in [-0.2, -0.15) is 0 Å². The number of benzene rings is 1. The van der Waals surface area contributed by atoms with E-state index in [4.69, 9.17) is 14.2 Å². The molecule has 0 radical (unpaired) electrons. The van der Waals surface area contributed by atoms with Crippen LogP contribution in [0.3, 0.4) is 0 Å². The summed E-state index contributed by atoms with van der Waals surface area (Å²) in [6.07, 6.45) is 0. The first-order valence-electron chi connectivity index (χ1n) is 5.10. The maximum atomic E-state index is 12.3. The van der Waals surface area contributed by atoms with E-state index >= 15 is 0 Å². The van der Waals surface area contributed by atoms with Gasteiger partial charge in [0.2, 0.25) is 0 Å². The summed E-state index contributed by atoms with van der Waals surface area (Å²) in [6, 6.07) is 4.54. The quantitative estimate of drug-likeness (QED) is 0.736. The summed E-state index contributed by atoms with van der Waals surface area (Å²) >= 11 is 0. The summed E-state index contributed by atoms with van der Waals surface area (Å²) in [5, 5.41) is 0. The Morgan fingerprint density at radius 2 is 1.50 bits per heavy atom. The van der Waals surface area contributed by atoms with Crippen LogP contribution in [0.15, 0.2) is 30.3 Å². The van der Waals surface area contributed by atoms with Gasteiger partial charge in [0.15, 0.2) is 0 Å². The van der Waals surface area contributed by atoms with Gasteiger partial charge in [-0.15, -0.1) is 12.1 Å². The van der Waals surface area contributed by atoms with E-state index in [0.717, 1.165) is 0 Å². The Morgan fingerprint density at radius 3 is 1.89 bits per heavy atom. The maximum Gasteiger partial charge on any atom is 0.508 e. The van der Waals surface area contributed by atoms with Crippen LogP contribution in [-0.4, -0.2) is 27.8 Å². The summed E-state index contributed by atoms with van der Waals surface area (Å²) in [6.45, 7) is -2.75. The molecule has 0 aromatic heterocycles. The SMILES string of the molecule is C=C(COc1cc(OC)cc(OC)c1)[B-](F)(F)F. The molecular weight excluding hydrogens is 248 g/mol. The summed E-state index contributed by atoms with van der Waals surface area (Å²) in [4.78, 5) is 0. The second-order valence-electron chi connectivity index (χ2n) is 3.57. The minimum absolute atomic E-state index is 0.229. The minimum atomic E-state index is -5.08. The van der Waals surface area contributed by atoms with Crippen molar-refractivity contribution in [2.75, 3.05) is 20.8 Å². The number of methoxy groups -OCH3 is 2. The molecule has 0 heterocycles. The molecule has 0 N–H and O–H groups in total. The summed E-state index contributed by atoms with van der Waals surface area (Å²) in [5.41, 5.74) is -0.892. The van der Waals surface area contributed by atoms with Crippen LogP contribution in [0, 0.1) is 0 Å². The third kappa shape index (κ3) is 3.90. The van der Waals surface area contributed by atoms with Gasteiger partial charge in [-0.25, -0.2) is 0 Å². The summed E-state index contributed by atoms with van der Waals surface area (Å²) in [5.74, 6) is 1.10. The highest BCUT2D eigenvalue weighted by Crippen LogP contribution is 2.28. The van der Waals surface area contributed by atoms with E-state index in [9.17, 15) is 12.9 Å². The number of hydrogen-bond acceptors (Lipinski definition) is 3. The number of rotatable bonds is 6. The molecule has 0 saturated carbocycles. The van der Waals surface area contributed by atoms with Crippen molar-refractivity contribution in [1.82, 2.24) is 0 Å². The van der Waals surface area contributed by atoms with Crippen molar-refractivity contribution in [3.8, 4) is 17.2 Å². The molecule has 0 amide bonds. The largest absolute Gasteiger partial charge is 0.508 e. The van der Waals surface area contributed by atoms with E-state index in [-0.39, 0.29) is 5.75 Å². The molecule has 0 unspecified atom stereocenters. The van der Waals surface area contributed by atoms with Crippen molar-refractivity contribution in [3.63, 3.8) is 0 Å². The fraction of sp³-hybridized carbons (Fsp3) is 0.273. The topological polar surface area (TPSA) is 27.7 Å². The predicted octanol–water partition coefficient (Wildman–Crippen LogP) is 3.03. The molecule has 0 aliphatic carbocycles. The molecule has 0 atom stereocenters. The zero-order valence-electron chi connectivity index (χ0n) is 10.1. The van der Waals surface area contributed by atoms with E-state index in [1.165, 1.54) is 26.4 Å². The van der Waals surface area contributed by atoms with Crippen LogP contribution in [-0.2, 0) is 0 Å². The zero-order chi connectivity index (χ0) is 13.8. The van der Waals surface area contributed by atoms with E-state index in [1.807, 2.05) is 0 Å². The molecule has 1 aromatic rings. The Hall–Kier alpha value is -1.79. The molecule has 1 rings (SSSR count). The van der Waals surface area contributed by atoms with Crippen LogP contribution < -0.4 is 14.2 Å². The van der Waals surface area contributed by atoms with Gasteiger partial charge in [0.25, 0.3) is 0 Å². The van der Waals surface area contributed by atoms with Crippen molar-refractivity contribution >= 4 is 6.98 Å². The fourth-order valence-electron chi connectivity index (χ4n) is 1.14. The number of ether oxygens (including phenoxy) is 3. The molecule has 0 bridgehead atoms. The molecule has 0 fully saturated rings. The normalized spacial score (nSPS) is 10.9. The van der Waals surface area contributed by atoms with Gasteiger partial charge in [0, 0.05) is 18.2 Å². The van der Waals surface area contributed by atoms with Gasteiger partial charge in [0.1, 0.15) is 17.2 Å². The third-order valence-corrected chi connectivity index (χ3v) is 2.21. The highest BCUT2D eigenvalue weighted by molar-refractivity contribution is 6.66. The molecule has 18 heavy (non-hydrogen) atoms. The van der Waals surface area contributed by atoms with Crippen molar-refractivity contribution in [2.45, 2.75) is 0 Å². The summed E-state index contributed by atoms with van der Waals surface area (Å²) in [7, 11) is 2.88. The Morgan fingerprint density at radius 1 is 1.06 bits per heavy atom. The Balaban J connectivity index is 2.76. The van der Waals surface area contributed by atoms with Gasteiger partial charge in [-0.3, -0.25) is 0 Å². The van der Waals surface area contributed by atoms with Crippen LogP contribution in [0.1, 0.15) is 0 Å². The smallest absolute Gasteiger partial charge is 0.496 e. The minimum Gasteiger partial charge on any atom is -0.496 e. The van der Waals surface area contributed by atoms with Crippen molar-refractivity contribution < 1.29 is 27.2 Å². The van der Waals surface area contributed by atoms with Gasteiger partial charge in [-0.1, -0.05) is 0 Å². The number of hydrogen-bond donors (Lipinski definition) is 0. The van der Waals surface area contributed by atoms with Crippen LogP contribution >= 0.6 is 0 Å². The van der Waals surface area contributed by atoms with Crippen molar-refractivity contribution in [3.05, 3.63) is 30.3 Å². The zero-order valence-corrected chi connectivity index (χ0v) is 10.1. The Labute approximate surface area is 103 Å². The van der Waals surface area contributed by atoms with Crippen LogP contribution in [0.4, 0.5) is 12.9 Å². The lowest BCUT2D eigenvalue weighted by molar-refractivity contribution is 0.337. The van der Waals surface area contributed by atoms with Gasteiger partial charge in [0.05, 0.1) is 20.8 Å². The van der Waals surface area contributed by atoms with Crippen molar-refractivity contribution in [2.24, 2.45) is 0 Å². The lowest BCUT2D eigenvalue weighted by Gasteiger charge is -2.18. The number of halogens is 3. The predicted molar refractivity (Wildman–Crippen MR) is 63.3 cm³/mol. The van der Waals surface area contributed by atoms with Gasteiger partial charge < -0.3 is 27.2 Å². The van der Waals surface area contributed by atoms with Crippen LogP contribution in [0.5, 0.6) is 17.2 Å². The average Bonchev–Trinajstić information content (AvgIpc) is 2.34.